The third kappa shape index (κ3) is 4.80. The minimum absolute atomic E-state index is 0.543. The Morgan fingerprint density at radius 1 is 1.04 bits per heavy atom. The molecule has 130 valence electrons. The Kier molecular flexibility index (Phi) is 6.03. The van der Waals surface area contributed by atoms with Crippen LogP contribution in [0.25, 0.3) is 0 Å². The molecule has 1 aromatic carbocycles. The molecule has 4 heteroatoms. The number of anilines is 1. The lowest BCUT2D eigenvalue weighted by Crippen LogP contribution is -2.32. The minimum Gasteiger partial charge on any atom is -0.355 e. The number of aryl methyl sites for hydroxylation is 2. The SMILES string of the molecule is Cc1ccc(N2CCCN(CCCc3ccccc3)CC2)nc1C#N. The summed E-state index contributed by atoms with van der Waals surface area (Å²) in [6, 6.07) is 17.0. The van der Waals surface area contributed by atoms with Gasteiger partial charge in [-0.15, -0.1) is 0 Å². The summed E-state index contributed by atoms with van der Waals surface area (Å²) in [6.07, 6.45) is 3.49. The van der Waals surface area contributed by atoms with Crippen LogP contribution in [-0.4, -0.2) is 42.6 Å². The molecule has 0 amide bonds. The quantitative estimate of drug-likeness (QED) is 0.840. The van der Waals surface area contributed by atoms with Crippen LogP contribution >= 0.6 is 0 Å². The van der Waals surface area contributed by atoms with E-state index in [1.165, 1.54) is 12.0 Å². The van der Waals surface area contributed by atoms with E-state index in [4.69, 9.17) is 0 Å². The van der Waals surface area contributed by atoms with Crippen LogP contribution in [0.3, 0.4) is 0 Å². The maximum atomic E-state index is 9.19. The Labute approximate surface area is 150 Å². The van der Waals surface area contributed by atoms with Crippen molar-refractivity contribution >= 4 is 5.82 Å². The zero-order chi connectivity index (χ0) is 17.5. The normalized spacial score (nSPS) is 15.6. The molecule has 1 saturated heterocycles. The highest BCUT2D eigenvalue weighted by Gasteiger charge is 2.16. The molecule has 2 heterocycles. The predicted molar refractivity (Wildman–Crippen MR) is 102 cm³/mol. The molecule has 0 atom stereocenters. The summed E-state index contributed by atoms with van der Waals surface area (Å²) in [5.41, 5.74) is 2.91. The van der Waals surface area contributed by atoms with Crippen molar-refractivity contribution in [1.29, 1.82) is 5.26 Å². The molecule has 0 aliphatic carbocycles. The van der Waals surface area contributed by atoms with Gasteiger partial charge in [-0.25, -0.2) is 4.98 Å². The number of rotatable bonds is 5. The molecule has 0 radical (unpaired) electrons. The summed E-state index contributed by atoms with van der Waals surface area (Å²) >= 11 is 0. The largest absolute Gasteiger partial charge is 0.355 e. The van der Waals surface area contributed by atoms with Crippen LogP contribution in [0.4, 0.5) is 5.82 Å². The van der Waals surface area contributed by atoms with Gasteiger partial charge in [0.2, 0.25) is 0 Å². The Balaban J connectivity index is 1.51. The van der Waals surface area contributed by atoms with Crippen molar-refractivity contribution in [3.63, 3.8) is 0 Å². The summed E-state index contributed by atoms with van der Waals surface area (Å²) in [5.74, 6) is 0.938. The second-order valence-corrected chi connectivity index (χ2v) is 6.72. The second-order valence-electron chi connectivity index (χ2n) is 6.72. The molecule has 1 fully saturated rings. The van der Waals surface area contributed by atoms with Crippen molar-refractivity contribution in [2.75, 3.05) is 37.6 Å². The van der Waals surface area contributed by atoms with Crippen molar-refractivity contribution in [2.24, 2.45) is 0 Å². The number of pyridine rings is 1. The first kappa shape index (κ1) is 17.4. The Morgan fingerprint density at radius 2 is 1.88 bits per heavy atom. The third-order valence-electron chi connectivity index (χ3n) is 4.88. The van der Waals surface area contributed by atoms with E-state index in [9.17, 15) is 5.26 Å². The molecule has 0 unspecified atom stereocenters. The molecule has 0 spiro atoms. The lowest BCUT2D eigenvalue weighted by atomic mass is 10.1. The van der Waals surface area contributed by atoms with E-state index in [2.05, 4.69) is 51.2 Å². The van der Waals surface area contributed by atoms with E-state index in [1.807, 2.05) is 19.1 Å². The zero-order valence-electron chi connectivity index (χ0n) is 15.0. The lowest BCUT2D eigenvalue weighted by molar-refractivity contribution is 0.290. The molecule has 0 saturated carbocycles. The second kappa shape index (κ2) is 8.64. The Morgan fingerprint density at radius 3 is 2.68 bits per heavy atom. The standard InChI is InChI=1S/C21H26N4/c1-18-10-11-21(23-20(18)17-22)25-14-6-13-24(15-16-25)12-5-9-19-7-3-2-4-8-19/h2-4,7-8,10-11H,5-6,9,12-16H2,1H3. The highest BCUT2D eigenvalue weighted by atomic mass is 15.2. The molecular weight excluding hydrogens is 308 g/mol. The molecule has 25 heavy (non-hydrogen) atoms. The topological polar surface area (TPSA) is 43.2 Å². The first-order valence-electron chi connectivity index (χ1n) is 9.15. The van der Waals surface area contributed by atoms with E-state index in [1.54, 1.807) is 0 Å². The van der Waals surface area contributed by atoms with Crippen molar-refractivity contribution < 1.29 is 0 Å². The van der Waals surface area contributed by atoms with Gasteiger partial charge in [-0.05, 0) is 56.5 Å². The third-order valence-corrected chi connectivity index (χ3v) is 4.88. The highest BCUT2D eigenvalue weighted by Crippen LogP contribution is 2.17. The fraction of sp³-hybridized carbons (Fsp3) is 0.429. The predicted octanol–water partition coefficient (Wildman–Crippen LogP) is 3.41. The summed E-state index contributed by atoms with van der Waals surface area (Å²) in [7, 11) is 0. The molecule has 1 aliphatic rings. The van der Waals surface area contributed by atoms with Crippen LogP contribution in [0.1, 0.15) is 29.7 Å². The van der Waals surface area contributed by atoms with Gasteiger partial charge in [-0.3, -0.25) is 0 Å². The van der Waals surface area contributed by atoms with E-state index in [0.717, 1.165) is 56.9 Å². The fourth-order valence-corrected chi connectivity index (χ4v) is 3.38. The maximum absolute atomic E-state index is 9.19. The molecule has 4 nitrogen and oxygen atoms in total. The van der Waals surface area contributed by atoms with E-state index in [0.29, 0.717) is 5.69 Å². The van der Waals surface area contributed by atoms with Gasteiger partial charge in [-0.1, -0.05) is 36.4 Å². The molecule has 2 aromatic rings. The first-order chi connectivity index (χ1) is 12.3. The van der Waals surface area contributed by atoms with Crippen LogP contribution in [0, 0.1) is 18.3 Å². The average molecular weight is 334 g/mol. The molecular formula is C21H26N4. The van der Waals surface area contributed by atoms with Gasteiger partial charge in [0.15, 0.2) is 0 Å². The van der Waals surface area contributed by atoms with Crippen LogP contribution < -0.4 is 4.90 Å². The minimum atomic E-state index is 0.543. The first-order valence-corrected chi connectivity index (χ1v) is 9.15. The fourth-order valence-electron chi connectivity index (χ4n) is 3.38. The van der Waals surface area contributed by atoms with Crippen molar-refractivity contribution in [1.82, 2.24) is 9.88 Å². The van der Waals surface area contributed by atoms with Gasteiger partial charge in [0.25, 0.3) is 0 Å². The smallest absolute Gasteiger partial charge is 0.145 e. The molecule has 0 N–H and O–H groups in total. The van der Waals surface area contributed by atoms with Gasteiger partial charge < -0.3 is 9.80 Å². The average Bonchev–Trinajstić information content (AvgIpc) is 2.89. The van der Waals surface area contributed by atoms with Crippen molar-refractivity contribution in [3.05, 3.63) is 59.3 Å². The number of hydrogen-bond donors (Lipinski definition) is 0. The van der Waals surface area contributed by atoms with Crippen molar-refractivity contribution in [2.45, 2.75) is 26.2 Å². The number of aromatic nitrogens is 1. The highest BCUT2D eigenvalue weighted by molar-refractivity contribution is 5.45. The van der Waals surface area contributed by atoms with Gasteiger partial charge in [-0.2, -0.15) is 5.26 Å². The van der Waals surface area contributed by atoms with E-state index < -0.39 is 0 Å². The summed E-state index contributed by atoms with van der Waals surface area (Å²) in [6.45, 7) is 7.27. The maximum Gasteiger partial charge on any atom is 0.145 e. The van der Waals surface area contributed by atoms with Crippen LogP contribution in [0.15, 0.2) is 42.5 Å². The van der Waals surface area contributed by atoms with Gasteiger partial charge in [0.05, 0.1) is 0 Å². The molecule has 0 bridgehead atoms. The molecule has 3 rings (SSSR count). The number of nitrogens with zero attached hydrogens (tertiary/aromatic N) is 4. The molecule has 1 aromatic heterocycles. The Bertz CT molecular complexity index is 720. The summed E-state index contributed by atoms with van der Waals surface area (Å²) < 4.78 is 0. The number of benzene rings is 1. The van der Waals surface area contributed by atoms with Crippen LogP contribution in [0.5, 0.6) is 0 Å². The summed E-state index contributed by atoms with van der Waals surface area (Å²) in [5, 5.41) is 9.19. The van der Waals surface area contributed by atoms with Crippen molar-refractivity contribution in [3.8, 4) is 6.07 Å². The molecule has 1 aliphatic heterocycles. The van der Waals surface area contributed by atoms with Gasteiger partial charge >= 0.3 is 0 Å². The van der Waals surface area contributed by atoms with Gasteiger partial charge in [0.1, 0.15) is 17.6 Å². The number of nitriles is 1. The number of hydrogen-bond acceptors (Lipinski definition) is 4. The Hall–Kier alpha value is -2.38. The lowest BCUT2D eigenvalue weighted by Gasteiger charge is -2.23. The van der Waals surface area contributed by atoms with Crippen LogP contribution in [-0.2, 0) is 6.42 Å². The monoisotopic (exact) mass is 334 g/mol. The van der Waals surface area contributed by atoms with E-state index >= 15 is 0 Å². The zero-order valence-corrected chi connectivity index (χ0v) is 15.0. The summed E-state index contributed by atoms with van der Waals surface area (Å²) in [4.78, 5) is 9.40. The van der Waals surface area contributed by atoms with Gasteiger partial charge in [0, 0.05) is 19.6 Å². The van der Waals surface area contributed by atoms with Crippen LogP contribution in [0.2, 0.25) is 0 Å². The van der Waals surface area contributed by atoms with E-state index in [-0.39, 0.29) is 0 Å².